The molecule has 1 fully saturated rings. The zero-order valence-corrected chi connectivity index (χ0v) is 21.5. The van der Waals surface area contributed by atoms with Gasteiger partial charge in [-0.05, 0) is 72.4 Å². The average Bonchev–Trinajstić information content (AvgIpc) is 2.71. The van der Waals surface area contributed by atoms with Gasteiger partial charge >= 0.3 is 6.18 Å². The molecular weight excluding hydrogens is 486 g/mol. The first kappa shape index (κ1) is 29.9. The Kier molecular flexibility index (Phi) is 9.42. The van der Waals surface area contributed by atoms with Crippen LogP contribution in [0.2, 0.25) is 0 Å². The van der Waals surface area contributed by atoms with Crippen molar-refractivity contribution in [2.24, 2.45) is 5.92 Å². The number of nitrogens with zero attached hydrogens (tertiary/aromatic N) is 2. The van der Waals surface area contributed by atoms with Crippen molar-refractivity contribution in [3.05, 3.63) is 42.0 Å². The Morgan fingerprint density at radius 1 is 0.944 bits per heavy atom. The molecule has 0 spiro atoms. The minimum Gasteiger partial charge on any atom is -0.487 e. The number of aromatic nitrogens is 2. The molecule has 1 heterocycles. The standard InChI is InChI=1S/C15H14F4N2O.C11H20F2O/c1-14(2,3)22-13-7-12(16)11(15(17,18)19)6-10(13)9-4-5-20-21-8-9;1-10(2,3)14-8-9-4-6-11(12,13)7-5-9/h4-8H,1-3H3;9H,4-8H2,1-3H3. The first-order valence-electron chi connectivity index (χ1n) is 11.7. The molecule has 1 saturated carbocycles. The van der Waals surface area contributed by atoms with Crippen LogP contribution < -0.4 is 4.74 Å². The van der Waals surface area contributed by atoms with Crippen molar-refractivity contribution < 1.29 is 35.8 Å². The van der Waals surface area contributed by atoms with Crippen LogP contribution in [0.25, 0.3) is 11.1 Å². The van der Waals surface area contributed by atoms with Gasteiger partial charge in [0.15, 0.2) is 0 Å². The van der Waals surface area contributed by atoms with Crippen LogP contribution in [0, 0.1) is 11.7 Å². The maximum absolute atomic E-state index is 13.8. The van der Waals surface area contributed by atoms with Crippen LogP contribution in [0.3, 0.4) is 0 Å². The van der Waals surface area contributed by atoms with Gasteiger partial charge < -0.3 is 9.47 Å². The number of rotatable bonds is 4. The Morgan fingerprint density at radius 3 is 2.03 bits per heavy atom. The minimum absolute atomic E-state index is 0.0194. The zero-order valence-electron chi connectivity index (χ0n) is 21.5. The fourth-order valence-corrected chi connectivity index (χ4v) is 3.50. The van der Waals surface area contributed by atoms with E-state index in [0.29, 0.717) is 30.9 Å². The van der Waals surface area contributed by atoms with Crippen molar-refractivity contribution in [3.8, 4) is 16.9 Å². The molecule has 4 nitrogen and oxygen atoms in total. The first-order valence-corrected chi connectivity index (χ1v) is 11.7. The van der Waals surface area contributed by atoms with Crippen LogP contribution in [0.5, 0.6) is 5.75 Å². The van der Waals surface area contributed by atoms with Crippen molar-refractivity contribution in [2.45, 2.75) is 90.5 Å². The second-order valence-electron chi connectivity index (χ2n) is 10.9. The highest BCUT2D eigenvalue weighted by molar-refractivity contribution is 5.70. The average molecular weight is 521 g/mol. The van der Waals surface area contributed by atoms with Crippen molar-refractivity contribution in [1.29, 1.82) is 0 Å². The van der Waals surface area contributed by atoms with Gasteiger partial charge in [0.1, 0.15) is 17.2 Å². The molecule has 0 radical (unpaired) electrons. The fraction of sp³-hybridized carbons (Fsp3) is 0.615. The molecule has 0 unspecified atom stereocenters. The molecule has 0 aliphatic heterocycles. The van der Waals surface area contributed by atoms with Gasteiger partial charge in [0, 0.05) is 30.0 Å². The summed E-state index contributed by atoms with van der Waals surface area (Å²) >= 11 is 0. The van der Waals surface area contributed by atoms with E-state index in [4.69, 9.17) is 9.47 Å². The van der Waals surface area contributed by atoms with Crippen LogP contribution in [0.4, 0.5) is 26.3 Å². The Balaban J connectivity index is 0.000000281. The van der Waals surface area contributed by atoms with Crippen molar-refractivity contribution in [1.82, 2.24) is 10.2 Å². The summed E-state index contributed by atoms with van der Waals surface area (Å²) in [5.74, 6) is -3.45. The number of hydrogen-bond acceptors (Lipinski definition) is 4. The van der Waals surface area contributed by atoms with Crippen LogP contribution in [-0.4, -0.2) is 33.9 Å². The van der Waals surface area contributed by atoms with E-state index in [1.54, 1.807) is 20.8 Å². The van der Waals surface area contributed by atoms with Gasteiger partial charge in [0.2, 0.25) is 5.92 Å². The number of ether oxygens (including phenoxy) is 2. The van der Waals surface area contributed by atoms with Gasteiger partial charge in [-0.2, -0.15) is 23.4 Å². The highest BCUT2D eigenvalue weighted by Gasteiger charge is 2.36. The number of alkyl halides is 5. The fourth-order valence-electron chi connectivity index (χ4n) is 3.50. The maximum Gasteiger partial charge on any atom is 0.419 e. The molecule has 1 aromatic heterocycles. The summed E-state index contributed by atoms with van der Waals surface area (Å²) in [6.07, 6.45) is -0.891. The quantitative estimate of drug-likeness (QED) is 0.382. The minimum atomic E-state index is -4.79. The molecule has 2 aromatic rings. The molecule has 1 aromatic carbocycles. The lowest BCUT2D eigenvalue weighted by atomic mass is 9.87. The van der Waals surface area contributed by atoms with Gasteiger partial charge in [-0.3, -0.25) is 0 Å². The van der Waals surface area contributed by atoms with Crippen molar-refractivity contribution >= 4 is 0 Å². The predicted octanol–water partition coefficient (Wildman–Crippen LogP) is 8.11. The Labute approximate surface area is 208 Å². The molecule has 1 aliphatic carbocycles. The van der Waals surface area contributed by atoms with E-state index >= 15 is 0 Å². The maximum atomic E-state index is 13.8. The molecule has 3 rings (SSSR count). The molecule has 0 atom stereocenters. The zero-order chi connectivity index (χ0) is 27.4. The van der Waals surface area contributed by atoms with E-state index in [9.17, 15) is 26.3 Å². The van der Waals surface area contributed by atoms with Gasteiger partial charge in [-0.25, -0.2) is 13.2 Å². The number of halogens is 6. The lowest BCUT2D eigenvalue weighted by Crippen LogP contribution is -2.29. The van der Waals surface area contributed by atoms with E-state index in [1.807, 2.05) is 20.8 Å². The van der Waals surface area contributed by atoms with Gasteiger partial charge in [0.25, 0.3) is 0 Å². The van der Waals surface area contributed by atoms with Gasteiger partial charge in [-0.15, -0.1) is 0 Å². The smallest absolute Gasteiger partial charge is 0.419 e. The predicted molar refractivity (Wildman–Crippen MR) is 125 cm³/mol. The Morgan fingerprint density at radius 2 is 1.56 bits per heavy atom. The summed E-state index contributed by atoms with van der Waals surface area (Å²) in [6.45, 7) is 11.8. The second kappa shape index (κ2) is 11.4. The van der Waals surface area contributed by atoms with E-state index in [0.717, 1.165) is 12.1 Å². The summed E-state index contributed by atoms with van der Waals surface area (Å²) in [7, 11) is 0. The molecule has 0 saturated heterocycles. The lowest BCUT2D eigenvalue weighted by Gasteiger charge is -2.30. The largest absolute Gasteiger partial charge is 0.487 e. The third-order valence-electron chi connectivity index (χ3n) is 5.27. The molecule has 202 valence electrons. The van der Waals surface area contributed by atoms with Gasteiger partial charge in [0.05, 0.1) is 30.2 Å². The van der Waals surface area contributed by atoms with Crippen LogP contribution in [-0.2, 0) is 10.9 Å². The third kappa shape index (κ3) is 9.95. The highest BCUT2D eigenvalue weighted by atomic mass is 19.4. The lowest BCUT2D eigenvalue weighted by molar-refractivity contribution is -0.140. The van der Waals surface area contributed by atoms with Crippen LogP contribution in [0.1, 0.15) is 72.8 Å². The summed E-state index contributed by atoms with van der Waals surface area (Å²) in [5.41, 5.74) is -1.72. The van der Waals surface area contributed by atoms with E-state index in [1.165, 1.54) is 18.5 Å². The summed E-state index contributed by atoms with van der Waals surface area (Å²) in [4.78, 5) is 0. The molecule has 1 aliphatic rings. The SMILES string of the molecule is CC(C)(C)OCC1CCC(F)(F)CC1.CC(C)(C)Oc1cc(F)c(C(F)(F)F)cc1-c1ccnnc1. The topological polar surface area (TPSA) is 44.2 Å². The molecule has 0 bridgehead atoms. The Hall–Kier alpha value is -2.36. The van der Waals surface area contributed by atoms with Crippen molar-refractivity contribution in [2.75, 3.05) is 6.61 Å². The van der Waals surface area contributed by atoms with E-state index < -0.39 is 29.1 Å². The normalized spacial score (nSPS) is 16.8. The van der Waals surface area contributed by atoms with Crippen LogP contribution in [0.15, 0.2) is 30.6 Å². The number of hydrogen-bond donors (Lipinski definition) is 0. The molecule has 0 amide bonds. The van der Waals surface area contributed by atoms with Crippen LogP contribution >= 0.6 is 0 Å². The van der Waals surface area contributed by atoms with E-state index in [2.05, 4.69) is 10.2 Å². The Bertz CT molecular complexity index is 973. The monoisotopic (exact) mass is 520 g/mol. The van der Waals surface area contributed by atoms with E-state index in [-0.39, 0.29) is 29.8 Å². The molecule has 10 heteroatoms. The summed E-state index contributed by atoms with van der Waals surface area (Å²) in [5, 5.41) is 7.21. The van der Waals surface area contributed by atoms with Crippen molar-refractivity contribution in [3.63, 3.8) is 0 Å². The summed E-state index contributed by atoms with van der Waals surface area (Å²) in [6, 6.07) is 2.97. The third-order valence-corrected chi connectivity index (χ3v) is 5.27. The summed E-state index contributed by atoms with van der Waals surface area (Å²) < 4.78 is 89.3. The number of benzene rings is 1. The molecule has 36 heavy (non-hydrogen) atoms. The first-order chi connectivity index (χ1) is 16.4. The second-order valence-corrected chi connectivity index (χ2v) is 10.9. The molecular formula is C26H34F6N2O2. The highest BCUT2D eigenvalue weighted by Crippen LogP contribution is 2.40. The van der Waals surface area contributed by atoms with Gasteiger partial charge in [-0.1, -0.05) is 0 Å². The molecule has 0 N–H and O–H groups in total.